The molecule has 29 heavy (non-hydrogen) atoms. The monoisotopic (exact) mass is 423 g/mol. The molecule has 1 saturated heterocycles. The van der Waals surface area contributed by atoms with E-state index in [-0.39, 0.29) is 11.5 Å². The lowest BCUT2D eigenvalue weighted by Gasteiger charge is -2.26. The summed E-state index contributed by atoms with van der Waals surface area (Å²) in [6.07, 6.45) is 2.56. The van der Waals surface area contributed by atoms with Gasteiger partial charge >= 0.3 is 5.76 Å². The Morgan fingerprint density at radius 1 is 1.10 bits per heavy atom. The van der Waals surface area contributed by atoms with E-state index in [1.165, 1.54) is 18.2 Å². The van der Waals surface area contributed by atoms with Crippen molar-refractivity contribution >= 4 is 15.7 Å². The Hall–Kier alpha value is -2.48. The van der Waals surface area contributed by atoms with Crippen LogP contribution >= 0.6 is 0 Å². The third kappa shape index (κ3) is 4.58. The summed E-state index contributed by atoms with van der Waals surface area (Å²) in [5.74, 6) is -3.30. The fourth-order valence-electron chi connectivity index (χ4n) is 3.63. The van der Waals surface area contributed by atoms with E-state index in [9.17, 15) is 22.0 Å². The van der Waals surface area contributed by atoms with Crippen LogP contribution in [-0.2, 0) is 9.84 Å². The number of alkyl halides is 2. The smallest absolute Gasteiger partial charge is 0.341 e. The predicted octanol–water partition coefficient (Wildman–Crippen LogP) is 4.10. The fraction of sp³-hybridized carbons (Fsp3) is 0.381. The number of carbonyl (C=O) groups is 1. The normalized spacial score (nSPS) is 17.8. The molecule has 156 valence electrons. The Bertz CT molecular complexity index is 961. The van der Waals surface area contributed by atoms with Gasteiger partial charge in [-0.1, -0.05) is 30.7 Å². The van der Waals surface area contributed by atoms with Crippen LogP contribution in [0.25, 0.3) is 0 Å². The van der Waals surface area contributed by atoms with E-state index in [2.05, 4.69) is 0 Å². The first kappa shape index (κ1) is 21.2. The number of benzene rings is 2. The lowest BCUT2D eigenvalue weighted by molar-refractivity contribution is 0.0750. The Kier molecular flexibility index (Phi) is 6.52. The number of hydrogen-bond acceptors (Lipinski definition) is 4. The van der Waals surface area contributed by atoms with Gasteiger partial charge in [0.05, 0.1) is 17.6 Å². The molecule has 1 aliphatic heterocycles. The van der Waals surface area contributed by atoms with E-state index in [0.717, 1.165) is 36.6 Å². The van der Waals surface area contributed by atoms with Gasteiger partial charge in [0.2, 0.25) is 9.84 Å². The van der Waals surface area contributed by atoms with Crippen molar-refractivity contribution in [2.45, 2.75) is 35.8 Å². The number of nitrogens with zero attached hydrogens (tertiary/aromatic N) is 1. The molecule has 0 saturated carbocycles. The highest BCUT2D eigenvalue weighted by molar-refractivity contribution is 7.91. The molecule has 0 radical (unpaired) electrons. The number of ether oxygens (including phenoxy) is 1. The highest BCUT2D eigenvalue weighted by Gasteiger charge is 2.33. The van der Waals surface area contributed by atoms with Crippen LogP contribution in [0.15, 0.2) is 53.4 Å². The summed E-state index contributed by atoms with van der Waals surface area (Å²) in [6.45, 7) is 0.850. The van der Waals surface area contributed by atoms with Gasteiger partial charge in [0.25, 0.3) is 5.91 Å². The number of amides is 1. The predicted molar refractivity (Wildman–Crippen MR) is 105 cm³/mol. The topological polar surface area (TPSA) is 63.7 Å². The molecule has 0 spiro atoms. The van der Waals surface area contributed by atoms with Gasteiger partial charge in [-0.2, -0.15) is 8.78 Å². The van der Waals surface area contributed by atoms with Crippen molar-refractivity contribution in [2.75, 3.05) is 20.2 Å². The van der Waals surface area contributed by atoms with Crippen molar-refractivity contribution in [3.05, 3.63) is 59.7 Å². The third-order valence-electron chi connectivity index (χ3n) is 5.20. The first-order valence-electron chi connectivity index (χ1n) is 9.39. The number of halogens is 2. The number of carbonyl (C=O) groups excluding carboxylic acids is 1. The molecule has 1 atom stereocenters. The quantitative estimate of drug-likeness (QED) is 0.726. The second-order valence-electron chi connectivity index (χ2n) is 7.02. The summed E-state index contributed by atoms with van der Waals surface area (Å²) in [5.41, 5.74) is 0.849. The zero-order valence-electron chi connectivity index (χ0n) is 16.1. The summed E-state index contributed by atoms with van der Waals surface area (Å²) in [5, 5.41) is 0. The molecule has 2 aromatic rings. The molecular weight excluding hydrogens is 400 g/mol. The molecule has 2 aromatic carbocycles. The average molecular weight is 423 g/mol. The molecule has 0 aliphatic carbocycles. The van der Waals surface area contributed by atoms with Crippen molar-refractivity contribution in [1.29, 1.82) is 0 Å². The van der Waals surface area contributed by atoms with Crippen molar-refractivity contribution < 1.29 is 26.7 Å². The maximum atomic E-state index is 13.1. The van der Waals surface area contributed by atoms with Gasteiger partial charge in [-0.25, -0.2) is 8.42 Å². The van der Waals surface area contributed by atoms with Gasteiger partial charge in [0, 0.05) is 19.0 Å². The molecule has 1 unspecified atom stereocenters. The summed E-state index contributed by atoms with van der Waals surface area (Å²) >= 11 is 0. The molecule has 0 bridgehead atoms. The van der Waals surface area contributed by atoms with E-state index >= 15 is 0 Å². The maximum absolute atomic E-state index is 13.1. The zero-order valence-corrected chi connectivity index (χ0v) is 16.9. The number of rotatable bonds is 5. The molecule has 8 heteroatoms. The van der Waals surface area contributed by atoms with E-state index in [1.54, 1.807) is 12.0 Å². The molecule has 5 nitrogen and oxygen atoms in total. The first-order chi connectivity index (χ1) is 13.8. The van der Waals surface area contributed by atoms with Gasteiger partial charge in [-0.15, -0.1) is 0 Å². The molecule has 1 heterocycles. The largest absolute Gasteiger partial charge is 0.497 e. The Labute approximate surface area is 169 Å². The second kappa shape index (κ2) is 8.90. The third-order valence-corrected chi connectivity index (χ3v) is 6.64. The SMILES string of the molecule is COc1ccc(C2CCCCN(C(=O)c3ccccc3S(=O)(=O)C(F)F)C2)cc1. The Morgan fingerprint density at radius 2 is 1.79 bits per heavy atom. The van der Waals surface area contributed by atoms with Gasteiger partial charge in [-0.3, -0.25) is 4.79 Å². The molecule has 3 rings (SSSR count). The minimum Gasteiger partial charge on any atom is -0.497 e. The molecule has 1 amide bonds. The Balaban J connectivity index is 1.89. The highest BCUT2D eigenvalue weighted by atomic mass is 32.2. The highest BCUT2D eigenvalue weighted by Crippen LogP contribution is 2.30. The molecule has 1 aliphatic rings. The number of methoxy groups -OCH3 is 1. The van der Waals surface area contributed by atoms with Gasteiger partial charge in [0.1, 0.15) is 5.75 Å². The van der Waals surface area contributed by atoms with Crippen LogP contribution in [0.3, 0.4) is 0 Å². The van der Waals surface area contributed by atoms with Crippen LogP contribution in [0.2, 0.25) is 0 Å². The average Bonchev–Trinajstić information content (AvgIpc) is 2.99. The van der Waals surface area contributed by atoms with Crippen LogP contribution in [0.5, 0.6) is 5.75 Å². The van der Waals surface area contributed by atoms with Crippen LogP contribution in [0.1, 0.15) is 41.1 Å². The molecule has 1 fully saturated rings. The maximum Gasteiger partial charge on any atom is 0.341 e. The van der Waals surface area contributed by atoms with Crippen molar-refractivity contribution in [3.8, 4) is 5.75 Å². The van der Waals surface area contributed by atoms with E-state index in [1.807, 2.05) is 24.3 Å². The van der Waals surface area contributed by atoms with Gasteiger partial charge < -0.3 is 9.64 Å². The molecule has 0 N–H and O–H groups in total. The first-order valence-corrected chi connectivity index (χ1v) is 10.9. The zero-order chi connectivity index (χ0) is 21.0. The van der Waals surface area contributed by atoms with Crippen LogP contribution in [-0.4, -0.2) is 45.2 Å². The summed E-state index contributed by atoms with van der Waals surface area (Å²) in [4.78, 5) is 14.1. The van der Waals surface area contributed by atoms with Crippen molar-refractivity contribution in [1.82, 2.24) is 4.90 Å². The van der Waals surface area contributed by atoms with Crippen molar-refractivity contribution in [2.24, 2.45) is 0 Å². The standard InChI is InChI=1S/C21H23F2NO4S/c1-28-17-11-9-15(10-12-17)16-6-4-5-13-24(14-16)20(25)18-7-2-3-8-19(18)29(26,27)21(22)23/h2-3,7-12,16,21H,4-6,13-14H2,1H3. The van der Waals surface area contributed by atoms with Crippen LogP contribution in [0, 0.1) is 0 Å². The molecule has 0 aromatic heterocycles. The number of likely N-dealkylation sites (tertiary alicyclic amines) is 1. The van der Waals surface area contributed by atoms with E-state index in [0.29, 0.717) is 13.1 Å². The minimum absolute atomic E-state index is 0.0752. The lowest BCUT2D eigenvalue weighted by atomic mass is 9.94. The van der Waals surface area contributed by atoms with Crippen LogP contribution in [0.4, 0.5) is 8.78 Å². The minimum atomic E-state index is -4.87. The Morgan fingerprint density at radius 3 is 2.45 bits per heavy atom. The van der Waals surface area contributed by atoms with E-state index in [4.69, 9.17) is 4.74 Å². The fourth-order valence-corrected chi connectivity index (χ4v) is 4.55. The lowest BCUT2D eigenvalue weighted by Crippen LogP contribution is -2.35. The number of hydrogen-bond donors (Lipinski definition) is 0. The van der Waals surface area contributed by atoms with Crippen LogP contribution < -0.4 is 4.74 Å². The molecular formula is C21H23F2NO4S. The van der Waals surface area contributed by atoms with E-state index < -0.39 is 26.4 Å². The second-order valence-corrected chi connectivity index (χ2v) is 8.91. The summed E-state index contributed by atoms with van der Waals surface area (Å²) in [7, 11) is -3.28. The van der Waals surface area contributed by atoms with Gasteiger partial charge in [0.15, 0.2) is 0 Å². The van der Waals surface area contributed by atoms with Gasteiger partial charge in [-0.05, 0) is 42.7 Å². The summed E-state index contributed by atoms with van der Waals surface area (Å²) < 4.78 is 55.4. The summed E-state index contributed by atoms with van der Waals surface area (Å²) in [6, 6.07) is 12.8. The van der Waals surface area contributed by atoms with Crippen molar-refractivity contribution in [3.63, 3.8) is 0 Å². The number of sulfone groups is 1.